The van der Waals surface area contributed by atoms with Crippen LogP contribution in [0.15, 0.2) is 54.6 Å². The number of nitrogens with zero attached hydrogens (tertiary/aromatic N) is 1. The molecule has 1 aromatic heterocycles. The maximum absolute atomic E-state index is 13.9. The van der Waals surface area contributed by atoms with E-state index in [9.17, 15) is 17.6 Å². The molecule has 2 aliphatic heterocycles. The summed E-state index contributed by atoms with van der Waals surface area (Å²) in [5.41, 5.74) is 5.95. The number of methoxy groups -OCH3 is 2. The van der Waals surface area contributed by atoms with Crippen LogP contribution in [0.1, 0.15) is 40.0 Å². The zero-order chi connectivity index (χ0) is 26.6. The van der Waals surface area contributed by atoms with E-state index in [0.29, 0.717) is 19.4 Å². The number of H-pyrrole nitrogens is 1. The van der Waals surface area contributed by atoms with Crippen molar-refractivity contribution in [2.24, 2.45) is 0 Å². The van der Waals surface area contributed by atoms with Crippen LogP contribution in [0, 0.1) is 5.82 Å². The van der Waals surface area contributed by atoms with Gasteiger partial charge in [-0.25, -0.2) is 4.39 Å². The van der Waals surface area contributed by atoms with Gasteiger partial charge in [0, 0.05) is 29.2 Å². The van der Waals surface area contributed by atoms with E-state index in [0.717, 1.165) is 44.6 Å². The number of aromatic nitrogens is 1. The first-order valence-corrected chi connectivity index (χ1v) is 12.4. The number of aromatic amines is 1. The largest absolute Gasteiger partial charge is 0.497 e. The van der Waals surface area contributed by atoms with E-state index in [1.165, 1.54) is 19.2 Å². The van der Waals surface area contributed by atoms with E-state index in [1.54, 1.807) is 31.4 Å². The Balaban J connectivity index is 1.51. The Hall–Kier alpha value is -3.72. The summed E-state index contributed by atoms with van der Waals surface area (Å²) in [6.07, 6.45) is -3.15. The number of hydrogen-bond donors (Lipinski definition) is 1. The summed E-state index contributed by atoms with van der Waals surface area (Å²) >= 11 is 0. The van der Waals surface area contributed by atoms with Crippen LogP contribution >= 0.6 is 0 Å². The lowest BCUT2D eigenvalue weighted by molar-refractivity contribution is -0.153. The minimum Gasteiger partial charge on any atom is -0.497 e. The van der Waals surface area contributed by atoms with Gasteiger partial charge in [-0.3, -0.25) is 4.90 Å². The van der Waals surface area contributed by atoms with E-state index in [1.807, 2.05) is 18.2 Å². The quantitative estimate of drug-likeness (QED) is 0.301. The zero-order valence-corrected chi connectivity index (χ0v) is 20.9. The molecule has 0 saturated carbocycles. The van der Waals surface area contributed by atoms with Gasteiger partial charge in [0.2, 0.25) is 0 Å². The lowest BCUT2D eigenvalue weighted by Crippen LogP contribution is -2.43. The molecule has 2 aliphatic rings. The lowest BCUT2D eigenvalue weighted by Gasteiger charge is -2.46. The molecule has 0 saturated heterocycles. The fourth-order valence-corrected chi connectivity index (χ4v) is 5.89. The minimum atomic E-state index is -4.47. The number of hydrogen-bond acceptors (Lipinski definition) is 4. The maximum atomic E-state index is 13.9. The molecule has 38 heavy (non-hydrogen) atoms. The number of ether oxygens (including phenoxy) is 3. The second kappa shape index (κ2) is 9.23. The molecule has 6 rings (SSSR count). The van der Waals surface area contributed by atoms with Crippen LogP contribution in [0.25, 0.3) is 10.9 Å². The predicted octanol–water partition coefficient (Wildman–Crippen LogP) is 6.51. The summed E-state index contributed by atoms with van der Waals surface area (Å²) in [4.78, 5) is 5.93. The molecule has 0 amide bonds. The van der Waals surface area contributed by atoms with Gasteiger partial charge in [-0.2, -0.15) is 13.2 Å². The molecule has 0 spiro atoms. The van der Waals surface area contributed by atoms with Gasteiger partial charge in [-0.1, -0.05) is 12.1 Å². The minimum absolute atomic E-state index is 0.0650. The van der Waals surface area contributed by atoms with Crippen molar-refractivity contribution in [2.45, 2.75) is 31.1 Å². The van der Waals surface area contributed by atoms with E-state index >= 15 is 0 Å². The van der Waals surface area contributed by atoms with Gasteiger partial charge in [0.15, 0.2) is 18.1 Å². The van der Waals surface area contributed by atoms with Crippen LogP contribution in [-0.4, -0.2) is 43.4 Å². The van der Waals surface area contributed by atoms with E-state index in [2.05, 4.69) is 9.88 Å². The second-order valence-corrected chi connectivity index (χ2v) is 9.70. The van der Waals surface area contributed by atoms with E-state index < -0.39 is 12.8 Å². The Morgan fingerprint density at radius 3 is 2.47 bits per heavy atom. The number of rotatable bonds is 5. The normalized spacial score (nSPS) is 19.0. The smallest absolute Gasteiger partial charge is 0.422 e. The fraction of sp³-hybridized carbons (Fsp3) is 0.310. The van der Waals surface area contributed by atoms with Crippen LogP contribution in [0.3, 0.4) is 0 Å². The van der Waals surface area contributed by atoms with Crippen LogP contribution in [-0.2, 0) is 12.8 Å². The van der Waals surface area contributed by atoms with Crippen molar-refractivity contribution in [3.05, 3.63) is 88.4 Å². The Labute approximate surface area is 216 Å². The van der Waals surface area contributed by atoms with Crippen LogP contribution < -0.4 is 14.2 Å². The Kier molecular flexibility index (Phi) is 5.98. The second-order valence-electron chi connectivity index (χ2n) is 9.70. The van der Waals surface area contributed by atoms with Crippen LogP contribution in [0.5, 0.6) is 17.2 Å². The molecule has 0 bridgehead atoms. The Morgan fingerprint density at radius 1 is 0.974 bits per heavy atom. The molecule has 0 radical (unpaired) electrons. The summed E-state index contributed by atoms with van der Waals surface area (Å²) in [7, 11) is 3.05. The SMILES string of the molecule is COc1ccc2[nH]c3c(c2c1)CC1c2cc(OCC(F)(F)F)c(OC)cc2CCN1C3c1ccc(F)cc1. The van der Waals surface area contributed by atoms with Gasteiger partial charge in [-0.05, 0) is 77.6 Å². The Morgan fingerprint density at radius 2 is 1.76 bits per heavy atom. The van der Waals surface area contributed by atoms with E-state index in [-0.39, 0.29) is 29.4 Å². The van der Waals surface area contributed by atoms with Crippen molar-refractivity contribution in [3.63, 3.8) is 0 Å². The van der Waals surface area contributed by atoms with Gasteiger partial charge in [-0.15, -0.1) is 0 Å². The van der Waals surface area contributed by atoms with Gasteiger partial charge in [0.25, 0.3) is 0 Å². The first-order chi connectivity index (χ1) is 18.3. The van der Waals surface area contributed by atoms with Gasteiger partial charge in [0.05, 0.1) is 20.3 Å². The zero-order valence-electron chi connectivity index (χ0n) is 20.9. The molecule has 1 N–H and O–H groups in total. The molecule has 9 heteroatoms. The molecular weight excluding hydrogens is 500 g/mol. The van der Waals surface area contributed by atoms with Gasteiger partial charge >= 0.3 is 6.18 Å². The summed E-state index contributed by atoms with van der Waals surface area (Å²) < 4.78 is 68.8. The third-order valence-corrected chi connectivity index (χ3v) is 7.55. The van der Waals surface area contributed by atoms with Crippen molar-refractivity contribution in [2.75, 3.05) is 27.4 Å². The van der Waals surface area contributed by atoms with Gasteiger partial charge < -0.3 is 19.2 Å². The first kappa shape index (κ1) is 24.6. The molecule has 5 nitrogen and oxygen atoms in total. The number of nitrogens with one attached hydrogen (secondary N) is 1. The number of halogens is 4. The highest BCUT2D eigenvalue weighted by atomic mass is 19.4. The third-order valence-electron chi connectivity index (χ3n) is 7.55. The molecule has 4 aromatic rings. The Bertz CT molecular complexity index is 1500. The fourth-order valence-electron chi connectivity index (χ4n) is 5.89. The third kappa shape index (κ3) is 4.24. The number of fused-ring (bicyclic) bond motifs is 6. The highest BCUT2D eigenvalue weighted by Crippen LogP contribution is 2.50. The first-order valence-electron chi connectivity index (χ1n) is 12.4. The maximum Gasteiger partial charge on any atom is 0.422 e. The number of benzene rings is 3. The molecule has 3 heterocycles. The molecule has 0 aliphatic carbocycles. The predicted molar refractivity (Wildman–Crippen MR) is 134 cm³/mol. The van der Waals surface area contributed by atoms with Crippen molar-refractivity contribution < 1.29 is 31.8 Å². The average Bonchev–Trinajstić information content (AvgIpc) is 3.27. The van der Waals surface area contributed by atoms with Crippen molar-refractivity contribution in [1.29, 1.82) is 0 Å². The van der Waals surface area contributed by atoms with Crippen molar-refractivity contribution >= 4 is 10.9 Å². The van der Waals surface area contributed by atoms with Crippen LogP contribution in [0.4, 0.5) is 17.6 Å². The molecule has 198 valence electrons. The highest BCUT2D eigenvalue weighted by molar-refractivity contribution is 5.87. The molecule has 2 unspecified atom stereocenters. The van der Waals surface area contributed by atoms with Crippen molar-refractivity contribution in [1.82, 2.24) is 9.88 Å². The molecular formula is C29H26F4N2O3. The summed E-state index contributed by atoms with van der Waals surface area (Å²) in [5, 5.41) is 1.03. The lowest BCUT2D eigenvalue weighted by atomic mass is 9.80. The standard InChI is InChI=1S/C29H26F4N2O3/c1-36-19-7-8-23-21(12-19)22-13-24-20-14-26(38-15-29(31,32)33)25(37-2)11-17(20)9-10-35(24)28(27(22)34-23)16-3-5-18(30)6-4-16/h3-8,11-12,14,24,28,34H,9-10,13,15H2,1-2H3. The van der Waals surface area contributed by atoms with Gasteiger partial charge in [0.1, 0.15) is 11.6 Å². The monoisotopic (exact) mass is 526 g/mol. The molecule has 2 atom stereocenters. The summed E-state index contributed by atoms with van der Waals surface area (Å²) in [6, 6.07) is 15.5. The number of alkyl halides is 3. The van der Waals surface area contributed by atoms with Crippen LogP contribution in [0.2, 0.25) is 0 Å². The van der Waals surface area contributed by atoms with E-state index in [4.69, 9.17) is 14.2 Å². The highest BCUT2D eigenvalue weighted by Gasteiger charge is 2.41. The summed E-state index contributed by atoms with van der Waals surface area (Å²) in [6.45, 7) is -0.690. The summed E-state index contributed by atoms with van der Waals surface area (Å²) in [5.74, 6) is 0.766. The average molecular weight is 527 g/mol. The molecule has 3 aromatic carbocycles. The molecule has 0 fully saturated rings. The van der Waals surface area contributed by atoms with Crippen molar-refractivity contribution in [3.8, 4) is 17.2 Å². The topological polar surface area (TPSA) is 46.7 Å².